The van der Waals surface area contributed by atoms with Crippen LogP contribution in [0.1, 0.15) is 32.6 Å². The topological polar surface area (TPSA) is 20.3 Å². The minimum absolute atomic E-state index is 0.164. The molecule has 0 spiro atoms. The Balaban J connectivity index is 1.90. The number of fused-ring (bicyclic) bond motifs is 1. The van der Waals surface area contributed by atoms with Crippen molar-refractivity contribution < 1.29 is 4.79 Å². The number of nitrogens with zero attached hydrogens (tertiary/aromatic N) is 1. The van der Waals surface area contributed by atoms with Gasteiger partial charge in [-0.3, -0.25) is 4.79 Å². The Labute approximate surface area is 139 Å². The van der Waals surface area contributed by atoms with Crippen LogP contribution in [0.3, 0.4) is 0 Å². The molecule has 0 aliphatic carbocycles. The van der Waals surface area contributed by atoms with Gasteiger partial charge in [0, 0.05) is 22.2 Å². The number of amides is 1. The van der Waals surface area contributed by atoms with E-state index in [2.05, 4.69) is 66.8 Å². The van der Waals surface area contributed by atoms with Crippen LogP contribution in [0.25, 0.3) is 0 Å². The maximum atomic E-state index is 12.7. The predicted octanol–water partition coefficient (Wildman–Crippen LogP) is 4.11. The summed E-state index contributed by atoms with van der Waals surface area (Å²) in [4.78, 5) is 14.7. The molecule has 1 aliphatic rings. The number of hydrogen-bond donors (Lipinski definition) is 0. The molecule has 0 radical (unpaired) electrons. The van der Waals surface area contributed by atoms with E-state index in [1.54, 1.807) is 0 Å². The molecule has 2 aromatic rings. The molecule has 0 saturated carbocycles. The van der Waals surface area contributed by atoms with Crippen molar-refractivity contribution in [2.75, 3.05) is 6.54 Å². The molecule has 1 heterocycles. The monoisotopic (exact) mass is 391 g/mol. The van der Waals surface area contributed by atoms with E-state index in [1.165, 1.54) is 22.3 Å². The van der Waals surface area contributed by atoms with Crippen molar-refractivity contribution in [3.8, 4) is 0 Å². The molecule has 3 heteroatoms. The van der Waals surface area contributed by atoms with Crippen LogP contribution in [-0.2, 0) is 13.0 Å². The Morgan fingerprint density at radius 2 is 1.86 bits per heavy atom. The zero-order valence-corrected chi connectivity index (χ0v) is 14.5. The summed E-state index contributed by atoms with van der Waals surface area (Å²) >= 11 is 2.27. The first-order valence-electron chi connectivity index (χ1n) is 7.19. The molecule has 21 heavy (non-hydrogen) atoms. The van der Waals surface area contributed by atoms with E-state index in [1.807, 2.05) is 11.0 Å². The molecule has 1 aliphatic heterocycles. The maximum absolute atomic E-state index is 12.7. The van der Waals surface area contributed by atoms with Crippen molar-refractivity contribution in [3.05, 3.63) is 67.8 Å². The molecule has 0 fully saturated rings. The second-order valence-corrected chi connectivity index (χ2v) is 6.89. The molecule has 0 unspecified atom stereocenters. The van der Waals surface area contributed by atoms with Crippen LogP contribution in [0, 0.1) is 17.4 Å². The Hall–Kier alpha value is -1.36. The van der Waals surface area contributed by atoms with Crippen molar-refractivity contribution in [3.63, 3.8) is 0 Å². The number of halogens is 1. The van der Waals surface area contributed by atoms with E-state index in [-0.39, 0.29) is 5.91 Å². The van der Waals surface area contributed by atoms with Gasteiger partial charge >= 0.3 is 0 Å². The van der Waals surface area contributed by atoms with Gasteiger partial charge in [-0.1, -0.05) is 24.3 Å². The SMILES string of the molecule is Cc1cccc(C)c1CN1CCc2ccc(I)cc2C1=O. The highest BCUT2D eigenvalue weighted by Gasteiger charge is 2.25. The fourth-order valence-electron chi connectivity index (χ4n) is 2.93. The lowest BCUT2D eigenvalue weighted by Crippen LogP contribution is -2.37. The molecule has 0 bridgehead atoms. The Kier molecular flexibility index (Phi) is 4.02. The van der Waals surface area contributed by atoms with E-state index in [4.69, 9.17) is 0 Å². The summed E-state index contributed by atoms with van der Waals surface area (Å²) in [5, 5.41) is 0. The van der Waals surface area contributed by atoms with Crippen LogP contribution in [0.15, 0.2) is 36.4 Å². The summed E-state index contributed by atoms with van der Waals surface area (Å²) in [5.74, 6) is 0.164. The first kappa shape index (κ1) is 14.6. The van der Waals surface area contributed by atoms with Crippen molar-refractivity contribution >= 4 is 28.5 Å². The second kappa shape index (κ2) is 5.79. The number of rotatable bonds is 2. The molecule has 0 saturated heterocycles. The van der Waals surface area contributed by atoms with Gasteiger partial charge in [0.2, 0.25) is 0 Å². The second-order valence-electron chi connectivity index (χ2n) is 5.65. The number of hydrogen-bond acceptors (Lipinski definition) is 1. The highest BCUT2D eigenvalue weighted by atomic mass is 127. The molecule has 0 atom stereocenters. The lowest BCUT2D eigenvalue weighted by Gasteiger charge is -2.30. The van der Waals surface area contributed by atoms with Crippen molar-refractivity contribution in [2.45, 2.75) is 26.8 Å². The van der Waals surface area contributed by atoms with Crippen LogP contribution in [0.5, 0.6) is 0 Å². The van der Waals surface area contributed by atoms with Crippen LogP contribution in [-0.4, -0.2) is 17.4 Å². The van der Waals surface area contributed by atoms with Crippen molar-refractivity contribution in [1.29, 1.82) is 0 Å². The molecule has 1 amide bonds. The number of aryl methyl sites for hydroxylation is 2. The third kappa shape index (κ3) is 2.84. The molecular formula is C18H18INO. The average Bonchev–Trinajstić information content (AvgIpc) is 2.46. The van der Waals surface area contributed by atoms with E-state index < -0.39 is 0 Å². The molecular weight excluding hydrogens is 373 g/mol. The first-order chi connectivity index (χ1) is 10.1. The smallest absolute Gasteiger partial charge is 0.254 e. The van der Waals surface area contributed by atoms with Gasteiger partial charge in [0.05, 0.1) is 0 Å². The van der Waals surface area contributed by atoms with E-state index in [0.717, 1.165) is 22.1 Å². The highest BCUT2D eigenvalue weighted by Crippen LogP contribution is 2.24. The fraction of sp³-hybridized carbons (Fsp3) is 0.278. The minimum atomic E-state index is 0.164. The van der Waals surface area contributed by atoms with Gasteiger partial charge in [0.1, 0.15) is 0 Å². The average molecular weight is 391 g/mol. The molecule has 0 N–H and O–H groups in total. The number of benzene rings is 2. The summed E-state index contributed by atoms with van der Waals surface area (Å²) in [6.45, 7) is 5.75. The molecule has 2 aromatic carbocycles. The van der Waals surface area contributed by atoms with E-state index in [0.29, 0.717) is 6.54 Å². The molecule has 2 nitrogen and oxygen atoms in total. The van der Waals surface area contributed by atoms with Gasteiger partial charge in [-0.05, 0) is 77.2 Å². The first-order valence-corrected chi connectivity index (χ1v) is 8.27. The van der Waals surface area contributed by atoms with Crippen LogP contribution in [0.4, 0.5) is 0 Å². The number of carbonyl (C=O) groups excluding carboxylic acids is 1. The fourth-order valence-corrected chi connectivity index (χ4v) is 3.42. The zero-order valence-electron chi connectivity index (χ0n) is 12.3. The largest absolute Gasteiger partial charge is 0.334 e. The van der Waals surface area contributed by atoms with Gasteiger partial charge in [-0.25, -0.2) is 0 Å². The van der Waals surface area contributed by atoms with Crippen molar-refractivity contribution in [1.82, 2.24) is 4.90 Å². The van der Waals surface area contributed by atoms with Gasteiger partial charge in [-0.15, -0.1) is 0 Å². The molecule has 0 aromatic heterocycles. The van der Waals surface area contributed by atoms with E-state index in [9.17, 15) is 4.79 Å². The van der Waals surface area contributed by atoms with Gasteiger partial charge < -0.3 is 4.90 Å². The van der Waals surface area contributed by atoms with Crippen LogP contribution >= 0.6 is 22.6 Å². The summed E-state index contributed by atoms with van der Waals surface area (Å²) in [5.41, 5.74) is 5.85. The molecule has 108 valence electrons. The summed E-state index contributed by atoms with van der Waals surface area (Å²) in [6.07, 6.45) is 0.947. The van der Waals surface area contributed by atoms with Crippen LogP contribution in [0.2, 0.25) is 0 Å². The Morgan fingerprint density at radius 3 is 2.57 bits per heavy atom. The molecule has 3 rings (SSSR count). The third-order valence-electron chi connectivity index (χ3n) is 4.23. The van der Waals surface area contributed by atoms with Crippen LogP contribution < -0.4 is 0 Å². The van der Waals surface area contributed by atoms with Gasteiger partial charge in [0.15, 0.2) is 0 Å². The number of carbonyl (C=O) groups is 1. The summed E-state index contributed by atoms with van der Waals surface area (Å²) in [6, 6.07) is 12.5. The normalized spacial score (nSPS) is 14.2. The summed E-state index contributed by atoms with van der Waals surface area (Å²) in [7, 11) is 0. The Morgan fingerprint density at radius 1 is 1.14 bits per heavy atom. The van der Waals surface area contributed by atoms with E-state index >= 15 is 0 Å². The predicted molar refractivity (Wildman–Crippen MR) is 93.5 cm³/mol. The lowest BCUT2D eigenvalue weighted by molar-refractivity contribution is 0.0726. The van der Waals surface area contributed by atoms with Gasteiger partial charge in [-0.2, -0.15) is 0 Å². The highest BCUT2D eigenvalue weighted by molar-refractivity contribution is 14.1. The lowest BCUT2D eigenvalue weighted by atomic mass is 9.97. The third-order valence-corrected chi connectivity index (χ3v) is 4.91. The van der Waals surface area contributed by atoms with Crippen molar-refractivity contribution in [2.24, 2.45) is 0 Å². The quantitative estimate of drug-likeness (QED) is 0.706. The van der Waals surface area contributed by atoms with Gasteiger partial charge in [0.25, 0.3) is 5.91 Å². The Bertz CT molecular complexity index is 688. The standard InChI is InChI=1S/C18H18INO/c1-12-4-3-5-13(2)17(12)11-20-9-8-14-6-7-15(19)10-16(14)18(20)21/h3-7,10H,8-9,11H2,1-2H3. The maximum Gasteiger partial charge on any atom is 0.254 e. The minimum Gasteiger partial charge on any atom is -0.334 e. The zero-order chi connectivity index (χ0) is 15.0. The summed E-state index contributed by atoms with van der Waals surface area (Å²) < 4.78 is 1.12.